The molecule has 1 atom stereocenters. The predicted octanol–water partition coefficient (Wildman–Crippen LogP) is 5.00. The zero-order valence-corrected chi connectivity index (χ0v) is 14.5. The minimum Gasteiger partial charge on any atom is -0.411 e. The molecule has 1 unspecified atom stereocenters. The minimum atomic E-state index is -1.69. The Morgan fingerprint density at radius 3 is 2.30 bits per heavy atom. The zero-order chi connectivity index (χ0) is 15.2. The molecule has 1 aromatic carbocycles. The Kier molecular flexibility index (Phi) is 5.80. The van der Waals surface area contributed by atoms with E-state index in [1.165, 1.54) is 0 Å². The third kappa shape index (κ3) is 5.36. The normalized spacial score (nSPS) is 13.9. The van der Waals surface area contributed by atoms with Crippen molar-refractivity contribution < 1.29 is 4.43 Å². The van der Waals surface area contributed by atoms with Gasteiger partial charge in [-0.25, -0.2) is 0 Å². The van der Waals surface area contributed by atoms with Gasteiger partial charge in [-0.1, -0.05) is 50.8 Å². The SMILES string of the molecule is CC(/C=C/C#Cc1ccccc1)O[Si](C)(C)C(C)(C)C. The Morgan fingerprint density at radius 1 is 1.15 bits per heavy atom. The van der Waals surface area contributed by atoms with E-state index < -0.39 is 8.32 Å². The molecule has 0 fully saturated rings. The summed E-state index contributed by atoms with van der Waals surface area (Å²) in [5.41, 5.74) is 1.04. The zero-order valence-electron chi connectivity index (χ0n) is 13.5. The van der Waals surface area contributed by atoms with Crippen molar-refractivity contribution in [1.82, 2.24) is 0 Å². The molecule has 0 amide bonds. The maximum absolute atomic E-state index is 6.24. The standard InChI is InChI=1S/C18H26OSi/c1-16(19-20(5,6)18(2,3)4)12-10-11-15-17-13-8-7-9-14-17/h7-10,12-14,16H,1-6H3/b12-10+. The third-order valence-electron chi connectivity index (χ3n) is 3.73. The van der Waals surface area contributed by atoms with Crippen LogP contribution in [0, 0.1) is 11.8 Å². The van der Waals surface area contributed by atoms with E-state index in [9.17, 15) is 0 Å². The number of hydrogen-bond acceptors (Lipinski definition) is 1. The molecule has 0 N–H and O–H groups in total. The largest absolute Gasteiger partial charge is 0.411 e. The van der Waals surface area contributed by atoms with Crippen LogP contribution in [0.1, 0.15) is 33.3 Å². The van der Waals surface area contributed by atoms with Crippen LogP contribution in [0.3, 0.4) is 0 Å². The van der Waals surface area contributed by atoms with Crippen LogP contribution in [-0.2, 0) is 4.43 Å². The van der Waals surface area contributed by atoms with Crippen molar-refractivity contribution in [3.05, 3.63) is 48.0 Å². The van der Waals surface area contributed by atoms with E-state index in [-0.39, 0.29) is 11.1 Å². The third-order valence-corrected chi connectivity index (χ3v) is 8.30. The summed E-state index contributed by atoms with van der Waals surface area (Å²) in [5, 5.41) is 0.241. The van der Waals surface area contributed by atoms with Gasteiger partial charge < -0.3 is 4.43 Å². The van der Waals surface area contributed by atoms with Gasteiger partial charge in [-0.2, -0.15) is 0 Å². The summed E-state index contributed by atoms with van der Waals surface area (Å²) in [5.74, 6) is 6.17. The number of benzene rings is 1. The van der Waals surface area contributed by atoms with Gasteiger partial charge in [-0.05, 0) is 49.3 Å². The van der Waals surface area contributed by atoms with Crippen LogP contribution in [0.5, 0.6) is 0 Å². The first-order valence-electron chi connectivity index (χ1n) is 7.13. The fourth-order valence-electron chi connectivity index (χ4n) is 1.51. The van der Waals surface area contributed by atoms with Crippen LogP contribution in [0.25, 0.3) is 0 Å². The van der Waals surface area contributed by atoms with Crippen molar-refractivity contribution in [3.63, 3.8) is 0 Å². The monoisotopic (exact) mass is 286 g/mol. The first kappa shape index (κ1) is 16.8. The molecule has 1 rings (SSSR count). The summed E-state index contributed by atoms with van der Waals surface area (Å²) < 4.78 is 6.24. The van der Waals surface area contributed by atoms with Crippen LogP contribution >= 0.6 is 0 Å². The maximum Gasteiger partial charge on any atom is 0.192 e. The molecule has 1 nitrogen and oxygen atoms in total. The molecule has 0 aromatic heterocycles. The van der Waals surface area contributed by atoms with Crippen molar-refractivity contribution >= 4 is 8.32 Å². The summed E-state index contributed by atoms with van der Waals surface area (Å²) in [6.07, 6.45) is 4.04. The highest BCUT2D eigenvalue weighted by atomic mass is 28.4. The maximum atomic E-state index is 6.24. The average Bonchev–Trinajstić information content (AvgIpc) is 2.34. The Morgan fingerprint density at radius 2 is 1.75 bits per heavy atom. The minimum absolute atomic E-state index is 0.112. The molecule has 0 bridgehead atoms. The van der Waals surface area contributed by atoms with Gasteiger partial charge in [0.2, 0.25) is 0 Å². The summed E-state index contributed by atoms with van der Waals surface area (Å²) in [7, 11) is -1.69. The molecule has 0 radical (unpaired) electrons. The lowest BCUT2D eigenvalue weighted by molar-refractivity contribution is 0.243. The van der Waals surface area contributed by atoms with E-state index in [0.29, 0.717) is 0 Å². The number of hydrogen-bond donors (Lipinski definition) is 0. The lowest BCUT2D eigenvalue weighted by Crippen LogP contribution is -2.42. The van der Waals surface area contributed by atoms with E-state index in [0.717, 1.165) is 5.56 Å². The average molecular weight is 286 g/mol. The molecule has 0 aliphatic heterocycles. The summed E-state index contributed by atoms with van der Waals surface area (Å²) >= 11 is 0. The van der Waals surface area contributed by atoms with Crippen LogP contribution in [0.4, 0.5) is 0 Å². The van der Waals surface area contributed by atoms with Gasteiger partial charge in [0.05, 0.1) is 6.10 Å². The fourth-order valence-corrected chi connectivity index (χ4v) is 2.87. The second-order valence-corrected chi connectivity index (χ2v) is 11.3. The van der Waals surface area contributed by atoms with Crippen molar-refractivity contribution in [3.8, 4) is 11.8 Å². The second kappa shape index (κ2) is 6.92. The van der Waals surface area contributed by atoms with E-state index in [4.69, 9.17) is 4.43 Å². The molecule has 0 saturated carbocycles. The quantitative estimate of drug-likeness (QED) is 0.561. The molecule has 20 heavy (non-hydrogen) atoms. The predicted molar refractivity (Wildman–Crippen MR) is 90.2 cm³/mol. The van der Waals surface area contributed by atoms with Gasteiger partial charge in [0.1, 0.15) is 0 Å². The smallest absolute Gasteiger partial charge is 0.192 e. The lowest BCUT2D eigenvalue weighted by atomic mass is 10.2. The summed E-state index contributed by atoms with van der Waals surface area (Å²) in [4.78, 5) is 0. The van der Waals surface area contributed by atoms with Crippen molar-refractivity contribution in [1.29, 1.82) is 0 Å². The summed E-state index contributed by atoms with van der Waals surface area (Å²) in [6, 6.07) is 10.0. The van der Waals surface area contributed by atoms with Crippen LogP contribution in [0.15, 0.2) is 42.5 Å². The second-order valence-electron chi connectivity index (χ2n) is 6.58. The highest BCUT2D eigenvalue weighted by Gasteiger charge is 2.37. The van der Waals surface area contributed by atoms with Gasteiger partial charge in [0.15, 0.2) is 8.32 Å². The van der Waals surface area contributed by atoms with Crippen LogP contribution in [0.2, 0.25) is 18.1 Å². The highest BCUT2D eigenvalue weighted by molar-refractivity contribution is 6.74. The van der Waals surface area contributed by atoms with Crippen LogP contribution < -0.4 is 0 Å². The first-order valence-corrected chi connectivity index (χ1v) is 10.0. The molecule has 1 aromatic rings. The Balaban J connectivity index is 2.57. The van der Waals surface area contributed by atoms with Crippen molar-refractivity contribution in [2.75, 3.05) is 0 Å². The van der Waals surface area contributed by atoms with E-state index in [1.807, 2.05) is 42.5 Å². The molecule has 0 spiro atoms. The van der Waals surface area contributed by atoms with Crippen molar-refractivity contribution in [2.24, 2.45) is 0 Å². The lowest BCUT2D eigenvalue weighted by Gasteiger charge is -2.37. The van der Waals surface area contributed by atoms with E-state index in [1.54, 1.807) is 0 Å². The Bertz CT molecular complexity index is 498. The molecule has 0 aliphatic carbocycles. The number of rotatable bonds is 3. The van der Waals surface area contributed by atoms with Crippen molar-refractivity contribution in [2.45, 2.75) is 51.9 Å². The molecular weight excluding hydrogens is 260 g/mol. The summed E-state index contributed by atoms with van der Waals surface area (Å²) in [6.45, 7) is 13.4. The molecule has 2 heteroatoms. The van der Waals surface area contributed by atoms with Gasteiger partial charge in [-0.3, -0.25) is 0 Å². The van der Waals surface area contributed by atoms with Gasteiger partial charge in [-0.15, -0.1) is 0 Å². The Labute approximate surface area is 125 Å². The molecule has 0 aliphatic rings. The molecule has 108 valence electrons. The van der Waals surface area contributed by atoms with E-state index in [2.05, 4.69) is 52.6 Å². The van der Waals surface area contributed by atoms with Gasteiger partial charge in [0, 0.05) is 5.56 Å². The molecule has 0 heterocycles. The van der Waals surface area contributed by atoms with Gasteiger partial charge in [0.25, 0.3) is 0 Å². The van der Waals surface area contributed by atoms with Gasteiger partial charge >= 0.3 is 0 Å². The highest BCUT2D eigenvalue weighted by Crippen LogP contribution is 2.37. The van der Waals surface area contributed by atoms with Crippen LogP contribution in [-0.4, -0.2) is 14.4 Å². The Hall–Kier alpha value is -1.30. The van der Waals surface area contributed by atoms with E-state index >= 15 is 0 Å². The molecular formula is C18H26OSi. The number of allylic oxidation sites excluding steroid dienone is 1. The first-order chi connectivity index (χ1) is 9.22. The topological polar surface area (TPSA) is 9.23 Å². The fraction of sp³-hybridized carbons (Fsp3) is 0.444. The molecule has 0 saturated heterocycles.